The summed E-state index contributed by atoms with van der Waals surface area (Å²) in [6.07, 6.45) is 1.09. The summed E-state index contributed by atoms with van der Waals surface area (Å²) < 4.78 is 5.28. The van der Waals surface area contributed by atoms with Crippen LogP contribution < -0.4 is 10.6 Å². The minimum Gasteiger partial charge on any atom is -0.379 e. The Morgan fingerprint density at radius 1 is 1.23 bits per heavy atom. The number of hydrogen-bond acceptors (Lipinski definition) is 5. The van der Waals surface area contributed by atoms with E-state index in [0.29, 0.717) is 31.5 Å². The number of carbonyl (C=O) groups excluding carboxylic acids is 2. The van der Waals surface area contributed by atoms with Crippen molar-refractivity contribution < 1.29 is 14.3 Å². The first-order chi connectivity index (χ1) is 10.8. The lowest BCUT2D eigenvalue weighted by molar-refractivity contribution is -0.121. The lowest BCUT2D eigenvalue weighted by Gasteiger charge is -2.26. The van der Waals surface area contributed by atoms with Gasteiger partial charge < -0.3 is 15.4 Å². The maximum absolute atomic E-state index is 11.7. The summed E-state index contributed by atoms with van der Waals surface area (Å²) in [5, 5.41) is 9.41. The second-order valence-corrected chi connectivity index (χ2v) is 5.96. The number of hydrogen-bond donors (Lipinski definition) is 2. The first-order valence-corrected chi connectivity index (χ1v) is 8.57. The predicted octanol–water partition coefficient (Wildman–Crippen LogP) is 0.707. The average Bonchev–Trinajstić information content (AvgIpc) is 3.07. The third kappa shape index (κ3) is 6.13. The minimum atomic E-state index is -0.0750. The summed E-state index contributed by atoms with van der Waals surface area (Å²) in [5.74, 6) is -0.0352. The Balaban J connectivity index is 1.48. The van der Waals surface area contributed by atoms with E-state index in [0.717, 1.165) is 32.8 Å². The molecule has 0 atom stereocenters. The van der Waals surface area contributed by atoms with E-state index < -0.39 is 0 Å². The third-order valence-corrected chi connectivity index (χ3v) is 4.19. The summed E-state index contributed by atoms with van der Waals surface area (Å²) in [5.41, 5.74) is 0.681. The summed E-state index contributed by atoms with van der Waals surface area (Å²) in [6.45, 7) is 5.47. The van der Waals surface area contributed by atoms with Crippen LogP contribution in [0, 0.1) is 0 Å². The van der Waals surface area contributed by atoms with Crippen LogP contribution in [0.15, 0.2) is 16.8 Å². The molecule has 7 heteroatoms. The molecule has 0 saturated carbocycles. The van der Waals surface area contributed by atoms with Gasteiger partial charge in [0.1, 0.15) is 0 Å². The SMILES string of the molecule is O=C(CCCNC(=O)c1ccsc1)NCCN1CCOCC1. The molecule has 1 fully saturated rings. The number of morpholine rings is 1. The Hall–Kier alpha value is -1.44. The van der Waals surface area contributed by atoms with E-state index in [9.17, 15) is 9.59 Å². The van der Waals surface area contributed by atoms with Crippen molar-refractivity contribution in [3.05, 3.63) is 22.4 Å². The zero-order chi connectivity index (χ0) is 15.6. The van der Waals surface area contributed by atoms with Gasteiger partial charge in [-0.2, -0.15) is 11.3 Å². The number of thiophene rings is 1. The van der Waals surface area contributed by atoms with Crippen molar-refractivity contribution in [1.29, 1.82) is 0 Å². The fourth-order valence-electron chi connectivity index (χ4n) is 2.21. The Labute approximate surface area is 134 Å². The standard InChI is InChI=1S/C15H23N3O3S/c19-14(16-5-6-18-7-9-21-10-8-18)2-1-4-17-15(20)13-3-11-22-12-13/h3,11-12H,1-2,4-10H2,(H,16,19)(H,17,20). The molecule has 2 heterocycles. The van der Waals surface area contributed by atoms with Crippen molar-refractivity contribution in [2.24, 2.45) is 0 Å². The highest BCUT2D eigenvalue weighted by molar-refractivity contribution is 7.08. The highest BCUT2D eigenvalue weighted by Crippen LogP contribution is 2.05. The molecule has 0 bridgehead atoms. The van der Waals surface area contributed by atoms with E-state index in [-0.39, 0.29) is 11.8 Å². The van der Waals surface area contributed by atoms with Gasteiger partial charge in [0.05, 0.1) is 13.2 Å². The molecule has 1 aromatic rings. The van der Waals surface area contributed by atoms with Gasteiger partial charge in [-0.1, -0.05) is 0 Å². The third-order valence-electron chi connectivity index (χ3n) is 3.50. The van der Waals surface area contributed by atoms with Crippen LogP contribution in [0.25, 0.3) is 0 Å². The van der Waals surface area contributed by atoms with E-state index in [2.05, 4.69) is 15.5 Å². The van der Waals surface area contributed by atoms with Crippen molar-refractivity contribution in [3.63, 3.8) is 0 Å². The van der Waals surface area contributed by atoms with Crippen LogP contribution in [0.1, 0.15) is 23.2 Å². The zero-order valence-electron chi connectivity index (χ0n) is 12.7. The van der Waals surface area contributed by atoms with Crippen LogP contribution in [0.5, 0.6) is 0 Å². The molecule has 0 aliphatic carbocycles. The second kappa shape index (κ2) is 9.55. The highest BCUT2D eigenvalue weighted by Gasteiger charge is 2.10. The summed E-state index contributed by atoms with van der Waals surface area (Å²) in [7, 11) is 0. The molecule has 1 aliphatic heterocycles. The number of rotatable bonds is 8. The van der Waals surface area contributed by atoms with Gasteiger partial charge in [0, 0.05) is 50.1 Å². The van der Waals surface area contributed by atoms with Crippen molar-refractivity contribution in [2.75, 3.05) is 45.9 Å². The molecule has 0 aromatic carbocycles. The van der Waals surface area contributed by atoms with Gasteiger partial charge in [0.25, 0.3) is 5.91 Å². The van der Waals surface area contributed by atoms with Gasteiger partial charge in [-0.3, -0.25) is 14.5 Å². The molecule has 1 aromatic heterocycles. The number of nitrogens with zero attached hydrogens (tertiary/aromatic N) is 1. The van der Waals surface area contributed by atoms with Crippen LogP contribution in [-0.2, 0) is 9.53 Å². The number of amides is 2. The lowest BCUT2D eigenvalue weighted by Crippen LogP contribution is -2.41. The van der Waals surface area contributed by atoms with Crippen molar-refractivity contribution in [2.45, 2.75) is 12.8 Å². The van der Waals surface area contributed by atoms with Crippen LogP contribution in [0.4, 0.5) is 0 Å². The van der Waals surface area contributed by atoms with Gasteiger partial charge in [-0.15, -0.1) is 0 Å². The molecule has 0 spiro atoms. The molecule has 2 amide bonds. The fraction of sp³-hybridized carbons (Fsp3) is 0.600. The molecule has 2 N–H and O–H groups in total. The Bertz CT molecular complexity index is 459. The molecular formula is C15H23N3O3S. The summed E-state index contributed by atoms with van der Waals surface area (Å²) in [6, 6.07) is 1.79. The Kier molecular flexibility index (Phi) is 7.35. The van der Waals surface area contributed by atoms with Gasteiger partial charge in [0.15, 0.2) is 0 Å². The number of carbonyl (C=O) groups is 2. The summed E-state index contributed by atoms with van der Waals surface area (Å²) >= 11 is 1.50. The number of nitrogens with one attached hydrogen (secondary N) is 2. The van der Waals surface area contributed by atoms with Crippen molar-refractivity contribution in [1.82, 2.24) is 15.5 Å². The molecule has 2 rings (SSSR count). The largest absolute Gasteiger partial charge is 0.379 e. The maximum Gasteiger partial charge on any atom is 0.252 e. The molecule has 6 nitrogen and oxygen atoms in total. The van der Waals surface area contributed by atoms with Gasteiger partial charge in [-0.25, -0.2) is 0 Å². The van der Waals surface area contributed by atoms with Gasteiger partial charge in [-0.05, 0) is 17.9 Å². The fourth-order valence-corrected chi connectivity index (χ4v) is 2.85. The highest BCUT2D eigenvalue weighted by atomic mass is 32.1. The number of ether oxygens (including phenoxy) is 1. The Morgan fingerprint density at radius 2 is 2.05 bits per heavy atom. The zero-order valence-corrected chi connectivity index (χ0v) is 13.5. The second-order valence-electron chi connectivity index (χ2n) is 5.18. The van der Waals surface area contributed by atoms with Gasteiger partial charge >= 0.3 is 0 Å². The van der Waals surface area contributed by atoms with Crippen LogP contribution in [-0.4, -0.2) is 62.7 Å². The smallest absolute Gasteiger partial charge is 0.252 e. The molecule has 1 saturated heterocycles. The monoisotopic (exact) mass is 325 g/mol. The van der Waals surface area contributed by atoms with Gasteiger partial charge in [0.2, 0.25) is 5.91 Å². The minimum absolute atomic E-state index is 0.0399. The van der Waals surface area contributed by atoms with Crippen LogP contribution in [0.3, 0.4) is 0 Å². The predicted molar refractivity (Wildman–Crippen MR) is 86.2 cm³/mol. The topological polar surface area (TPSA) is 70.7 Å². The molecule has 122 valence electrons. The molecule has 1 aliphatic rings. The van der Waals surface area contributed by atoms with E-state index in [4.69, 9.17) is 4.74 Å². The summed E-state index contributed by atoms with van der Waals surface area (Å²) in [4.78, 5) is 25.7. The normalized spacial score (nSPS) is 15.5. The van der Waals surface area contributed by atoms with E-state index >= 15 is 0 Å². The average molecular weight is 325 g/mol. The molecule has 0 unspecified atom stereocenters. The Morgan fingerprint density at radius 3 is 2.77 bits per heavy atom. The molecule has 22 heavy (non-hydrogen) atoms. The van der Waals surface area contributed by atoms with Crippen molar-refractivity contribution in [3.8, 4) is 0 Å². The molecular weight excluding hydrogens is 302 g/mol. The quantitative estimate of drug-likeness (QED) is 0.691. The van der Waals surface area contributed by atoms with E-state index in [1.54, 1.807) is 6.07 Å². The van der Waals surface area contributed by atoms with E-state index in [1.165, 1.54) is 11.3 Å². The molecule has 0 radical (unpaired) electrons. The lowest BCUT2D eigenvalue weighted by atomic mass is 10.2. The van der Waals surface area contributed by atoms with E-state index in [1.807, 2.05) is 10.8 Å². The maximum atomic E-state index is 11.7. The first-order valence-electron chi connectivity index (χ1n) is 7.63. The van der Waals surface area contributed by atoms with Crippen LogP contribution >= 0.6 is 11.3 Å². The first kappa shape index (κ1) is 16.9. The van der Waals surface area contributed by atoms with Crippen molar-refractivity contribution >= 4 is 23.2 Å². The van der Waals surface area contributed by atoms with Crippen LogP contribution in [0.2, 0.25) is 0 Å².